The van der Waals surface area contributed by atoms with Gasteiger partial charge in [0.05, 0.1) is 11.3 Å². The van der Waals surface area contributed by atoms with Crippen LogP contribution in [-0.4, -0.2) is 47.9 Å². The van der Waals surface area contributed by atoms with Gasteiger partial charge in [-0.2, -0.15) is 0 Å². The lowest BCUT2D eigenvalue weighted by Gasteiger charge is -2.37. The summed E-state index contributed by atoms with van der Waals surface area (Å²) in [7, 11) is 0. The maximum absolute atomic E-state index is 13.6. The molecule has 1 fully saturated rings. The Hall–Kier alpha value is -3.45. The van der Waals surface area contributed by atoms with Crippen LogP contribution in [-0.2, 0) is 16.0 Å². The van der Waals surface area contributed by atoms with Crippen LogP contribution in [0.5, 0.6) is 0 Å². The number of thiophene rings is 1. The molecule has 0 saturated carbocycles. The maximum Gasteiger partial charge on any atom is 0.282 e. The van der Waals surface area contributed by atoms with Crippen molar-refractivity contribution in [1.82, 2.24) is 9.88 Å². The van der Waals surface area contributed by atoms with Gasteiger partial charge in [-0.25, -0.2) is 9.88 Å². The molecule has 2 aliphatic rings. The van der Waals surface area contributed by atoms with Gasteiger partial charge in [-0.1, -0.05) is 31.2 Å². The SMILES string of the molecule is CCc1ccc(N2C(=O)C(c3cccs3)=C(N3CCN(c4ccccn4)CC3)C2=O)cc1. The van der Waals surface area contributed by atoms with Gasteiger partial charge in [-0.15, -0.1) is 11.3 Å². The van der Waals surface area contributed by atoms with Crippen LogP contribution in [0.3, 0.4) is 0 Å². The highest BCUT2D eigenvalue weighted by molar-refractivity contribution is 7.11. The number of benzene rings is 1. The number of aromatic nitrogens is 1. The van der Waals surface area contributed by atoms with Crippen LogP contribution in [0.4, 0.5) is 11.5 Å². The fraction of sp³-hybridized carbons (Fsp3) is 0.240. The van der Waals surface area contributed by atoms with Crippen molar-refractivity contribution in [2.24, 2.45) is 0 Å². The lowest BCUT2D eigenvalue weighted by molar-refractivity contribution is -0.120. The third-order valence-corrected chi connectivity index (χ3v) is 6.89. The molecule has 0 atom stereocenters. The van der Waals surface area contributed by atoms with E-state index in [1.54, 1.807) is 6.20 Å². The first-order chi connectivity index (χ1) is 15.7. The van der Waals surface area contributed by atoms with Crippen molar-refractivity contribution >= 4 is 40.2 Å². The number of rotatable bonds is 5. The van der Waals surface area contributed by atoms with Crippen LogP contribution in [0.1, 0.15) is 17.4 Å². The van der Waals surface area contributed by atoms with Crippen molar-refractivity contribution in [3.05, 3.63) is 82.3 Å². The fourth-order valence-corrected chi connectivity index (χ4v) is 5.03. The molecule has 162 valence electrons. The molecule has 0 bridgehead atoms. The van der Waals surface area contributed by atoms with E-state index in [2.05, 4.69) is 21.7 Å². The van der Waals surface area contributed by atoms with Gasteiger partial charge in [0, 0.05) is 37.3 Å². The minimum Gasteiger partial charge on any atom is -0.363 e. The molecule has 2 aromatic heterocycles. The predicted octanol–water partition coefficient (Wildman–Crippen LogP) is 3.81. The van der Waals surface area contributed by atoms with E-state index in [0.717, 1.165) is 30.2 Å². The largest absolute Gasteiger partial charge is 0.363 e. The van der Waals surface area contributed by atoms with Crippen LogP contribution in [0.2, 0.25) is 0 Å². The number of hydrogen-bond donors (Lipinski definition) is 0. The number of carbonyl (C=O) groups excluding carboxylic acids is 2. The molecule has 32 heavy (non-hydrogen) atoms. The Balaban J connectivity index is 1.46. The van der Waals surface area contributed by atoms with Crippen molar-refractivity contribution in [1.29, 1.82) is 0 Å². The van der Waals surface area contributed by atoms with Crippen LogP contribution in [0, 0.1) is 0 Å². The van der Waals surface area contributed by atoms with E-state index in [9.17, 15) is 9.59 Å². The number of pyridine rings is 1. The molecule has 2 aliphatic heterocycles. The maximum atomic E-state index is 13.6. The first-order valence-electron chi connectivity index (χ1n) is 10.8. The number of piperazine rings is 1. The second kappa shape index (κ2) is 8.59. The van der Waals surface area contributed by atoms with Crippen LogP contribution < -0.4 is 9.80 Å². The summed E-state index contributed by atoms with van der Waals surface area (Å²) in [6.07, 6.45) is 2.70. The van der Waals surface area contributed by atoms with Gasteiger partial charge in [-0.05, 0) is 47.7 Å². The normalized spacial score (nSPS) is 17.0. The van der Waals surface area contributed by atoms with E-state index in [-0.39, 0.29) is 11.8 Å². The second-order valence-electron chi connectivity index (χ2n) is 7.83. The molecule has 0 radical (unpaired) electrons. The van der Waals surface area contributed by atoms with Gasteiger partial charge in [0.25, 0.3) is 11.8 Å². The number of carbonyl (C=O) groups is 2. The van der Waals surface area contributed by atoms with E-state index >= 15 is 0 Å². The fourth-order valence-electron chi connectivity index (χ4n) is 4.27. The minimum absolute atomic E-state index is 0.242. The Morgan fingerprint density at radius 3 is 2.25 bits per heavy atom. The first kappa shape index (κ1) is 20.5. The van der Waals surface area contributed by atoms with Gasteiger partial charge in [0.2, 0.25) is 0 Å². The zero-order chi connectivity index (χ0) is 22.1. The van der Waals surface area contributed by atoms with Crippen molar-refractivity contribution in [3.8, 4) is 0 Å². The van der Waals surface area contributed by atoms with Gasteiger partial charge < -0.3 is 9.80 Å². The van der Waals surface area contributed by atoms with E-state index in [1.807, 2.05) is 60.0 Å². The van der Waals surface area contributed by atoms with Gasteiger partial charge in [0.1, 0.15) is 11.5 Å². The molecule has 0 aliphatic carbocycles. The molecule has 0 N–H and O–H groups in total. The minimum atomic E-state index is -0.246. The van der Waals surface area contributed by atoms with E-state index < -0.39 is 0 Å². The third kappa shape index (κ3) is 3.58. The molecular weight excluding hydrogens is 420 g/mol. The van der Waals surface area contributed by atoms with Crippen LogP contribution in [0.15, 0.2) is 71.9 Å². The summed E-state index contributed by atoms with van der Waals surface area (Å²) in [5.41, 5.74) is 2.81. The van der Waals surface area contributed by atoms with Crippen LogP contribution >= 0.6 is 11.3 Å². The van der Waals surface area contributed by atoms with Crippen LogP contribution in [0.25, 0.3) is 5.57 Å². The standard InChI is InChI=1S/C25H24N4O2S/c1-2-18-8-10-19(11-9-18)29-24(30)22(20-6-5-17-32-20)23(25(29)31)28-15-13-27(14-16-28)21-7-3-4-12-26-21/h3-12,17H,2,13-16H2,1H3. The number of imide groups is 1. The number of hydrogen-bond acceptors (Lipinski definition) is 6. The lowest BCUT2D eigenvalue weighted by atomic mass is 10.1. The summed E-state index contributed by atoms with van der Waals surface area (Å²) in [4.78, 5) is 38.0. The average molecular weight is 445 g/mol. The molecule has 1 aromatic carbocycles. The lowest BCUT2D eigenvalue weighted by Crippen LogP contribution is -2.48. The van der Waals surface area contributed by atoms with Crippen molar-refractivity contribution in [2.75, 3.05) is 36.0 Å². The number of aryl methyl sites for hydroxylation is 1. The highest BCUT2D eigenvalue weighted by atomic mass is 32.1. The first-order valence-corrected chi connectivity index (χ1v) is 11.7. The quantitative estimate of drug-likeness (QED) is 0.560. The van der Waals surface area contributed by atoms with Crippen molar-refractivity contribution in [2.45, 2.75) is 13.3 Å². The number of amides is 2. The molecule has 5 rings (SSSR count). The Morgan fingerprint density at radius 1 is 0.875 bits per heavy atom. The molecular formula is C25H24N4O2S. The smallest absolute Gasteiger partial charge is 0.282 e. The summed E-state index contributed by atoms with van der Waals surface area (Å²) in [5.74, 6) is 0.448. The molecule has 1 saturated heterocycles. The summed E-state index contributed by atoms with van der Waals surface area (Å²) < 4.78 is 0. The average Bonchev–Trinajstić information content (AvgIpc) is 3.46. The van der Waals surface area contributed by atoms with E-state index in [0.29, 0.717) is 30.0 Å². The predicted molar refractivity (Wildman–Crippen MR) is 128 cm³/mol. The zero-order valence-electron chi connectivity index (χ0n) is 17.9. The molecule has 4 heterocycles. The van der Waals surface area contributed by atoms with Gasteiger partial charge >= 0.3 is 0 Å². The Bertz CT molecular complexity index is 1150. The third-order valence-electron chi connectivity index (χ3n) is 6.00. The van der Waals surface area contributed by atoms with Crippen molar-refractivity contribution < 1.29 is 9.59 Å². The molecule has 3 aromatic rings. The van der Waals surface area contributed by atoms with E-state index in [1.165, 1.54) is 21.8 Å². The Morgan fingerprint density at radius 2 is 1.62 bits per heavy atom. The second-order valence-corrected chi connectivity index (χ2v) is 8.78. The number of anilines is 2. The summed E-state index contributed by atoms with van der Waals surface area (Å²) >= 11 is 1.49. The van der Waals surface area contributed by atoms with Crippen molar-refractivity contribution in [3.63, 3.8) is 0 Å². The number of nitrogens with zero attached hydrogens (tertiary/aromatic N) is 4. The Kier molecular flexibility index (Phi) is 5.49. The molecule has 6 nitrogen and oxygen atoms in total. The molecule has 2 amide bonds. The van der Waals surface area contributed by atoms with Gasteiger partial charge in [0.15, 0.2) is 0 Å². The van der Waals surface area contributed by atoms with E-state index in [4.69, 9.17) is 0 Å². The summed E-state index contributed by atoms with van der Waals surface area (Å²) in [6.45, 7) is 4.88. The summed E-state index contributed by atoms with van der Waals surface area (Å²) in [6, 6.07) is 17.4. The topological polar surface area (TPSA) is 56.8 Å². The zero-order valence-corrected chi connectivity index (χ0v) is 18.7. The molecule has 7 heteroatoms. The monoisotopic (exact) mass is 444 g/mol. The van der Waals surface area contributed by atoms with Gasteiger partial charge in [-0.3, -0.25) is 9.59 Å². The summed E-state index contributed by atoms with van der Waals surface area (Å²) in [5, 5.41) is 1.94. The molecule has 0 spiro atoms. The molecule has 0 unspecified atom stereocenters. The highest BCUT2D eigenvalue weighted by Crippen LogP contribution is 2.37. The highest BCUT2D eigenvalue weighted by Gasteiger charge is 2.43. The Labute approximate surface area is 191 Å².